The number of fused-ring (bicyclic) bond motifs is 2. The number of Topliss-reactive ketones (excluding diaryl/α,β-unsaturated/α-hetero) is 1. The largest absolute Gasteiger partial charge is 0.505 e. The van der Waals surface area contributed by atoms with Gasteiger partial charge in [0.15, 0.2) is 10.9 Å². The lowest BCUT2D eigenvalue weighted by Crippen LogP contribution is -2.29. The number of thiazole rings is 1. The average molecular weight is 553 g/mol. The summed E-state index contributed by atoms with van der Waals surface area (Å²) < 4.78 is 8.52. The Morgan fingerprint density at radius 2 is 1.88 bits per heavy atom. The summed E-state index contributed by atoms with van der Waals surface area (Å²) in [6.07, 6.45) is 2.61. The number of aromatic nitrogens is 3. The summed E-state index contributed by atoms with van der Waals surface area (Å²) in [5, 5.41) is 12.2. The van der Waals surface area contributed by atoms with E-state index in [9.17, 15) is 14.7 Å². The minimum atomic E-state index is -0.916. The second-order valence-corrected chi connectivity index (χ2v) is 11.0. The fourth-order valence-corrected chi connectivity index (χ4v) is 6.50. The number of carbonyl (C=O) groups is 2. The number of anilines is 1. The zero-order chi connectivity index (χ0) is 28.1. The maximum absolute atomic E-state index is 13.8. The number of rotatable bonds is 6. The van der Waals surface area contributed by atoms with E-state index in [0.29, 0.717) is 40.1 Å². The number of aliphatic hydroxyl groups is 1. The molecule has 0 aliphatic carbocycles. The highest BCUT2D eigenvalue weighted by atomic mass is 32.1. The van der Waals surface area contributed by atoms with Crippen molar-refractivity contribution in [3.05, 3.63) is 94.4 Å². The van der Waals surface area contributed by atoms with Crippen molar-refractivity contribution >= 4 is 49.8 Å². The van der Waals surface area contributed by atoms with E-state index in [2.05, 4.69) is 4.98 Å². The molecule has 0 radical (unpaired) electrons. The third-order valence-corrected chi connectivity index (χ3v) is 8.05. The molecule has 1 aliphatic heterocycles. The summed E-state index contributed by atoms with van der Waals surface area (Å²) in [5.74, 6) is -1.19. The maximum atomic E-state index is 13.8. The average Bonchev–Trinajstić information content (AvgIpc) is 3.58. The van der Waals surface area contributed by atoms with Crippen LogP contribution in [0, 0.1) is 20.8 Å². The zero-order valence-electron chi connectivity index (χ0n) is 22.6. The number of ether oxygens (including phenoxy) is 1. The number of hydrogen-bond donors (Lipinski definition) is 1. The summed E-state index contributed by atoms with van der Waals surface area (Å²) in [7, 11) is 0. The topological polar surface area (TPSA) is 97.0 Å². The molecule has 1 amide bonds. The van der Waals surface area contributed by atoms with Gasteiger partial charge in [-0.25, -0.2) is 9.97 Å². The molecule has 40 heavy (non-hydrogen) atoms. The summed E-state index contributed by atoms with van der Waals surface area (Å²) in [6.45, 7) is 8.31. The van der Waals surface area contributed by atoms with Crippen molar-refractivity contribution in [2.75, 3.05) is 11.5 Å². The number of carbonyl (C=O) groups excluding carboxylic acids is 2. The van der Waals surface area contributed by atoms with E-state index < -0.39 is 17.7 Å². The Balaban J connectivity index is 1.60. The minimum absolute atomic E-state index is 0.0152. The highest BCUT2D eigenvalue weighted by molar-refractivity contribution is 7.22. The Morgan fingerprint density at radius 3 is 2.67 bits per heavy atom. The number of benzene rings is 2. The number of aliphatic hydroxyl groups excluding tert-OH is 1. The molecule has 1 unspecified atom stereocenters. The molecule has 1 fully saturated rings. The summed E-state index contributed by atoms with van der Waals surface area (Å²) in [5.41, 5.74) is 5.01. The van der Waals surface area contributed by atoms with Crippen molar-refractivity contribution in [2.24, 2.45) is 0 Å². The van der Waals surface area contributed by atoms with E-state index in [4.69, 9.17) is 9.72 Å². The Bertz CT molecular complexity index is 1850. The number of pyridine rings is 1. The molecule has 1 aliphatic rings. The molecule has 0 spiro atoms. The molecular formula is C31H28N4O4S. The summed E-state index contributed by atoms with van der Waals surface area (Å²) >= 11 is 1.35. The van der Waals surface area contributed by atoms with Crippen LogP contribution in [0.25, 0.3) is 21.6 Å². The summed E-state index contributed by atoms with van der Waals surface area (Å²) in [6, 6.07) is 16.0. The van der Waals surface area contributed by atoms with E-state index in [1.807, 2.05) is 75.4 Å². The number of hydrogen-bond acceptors (Lipinski definition) is 7. The number of amides is 1. The Hall–Kier alpha value is -4.50. The molecule has 2 aromatic carbocycles. The van der Waals surface area contributed by atoms with Crippen LogP contribution < -0.4 is 9.64 Å². The van der Waals surface area contributed by atoms with Crippen LogP contribution in [0.2, 0.25) is 0 Å². The molecule has 8 nitrogen and oxygen atoms in total. The summed E-state index contributed by atoms with van der Waals surface area (Å²) in [4.78, 5) is 38.3. The molecular weight excluding hydrogens is 524 g/mol. The van der Waals surface area contributed by atoms with Crippen LogP contribution >= 0.6 is 11.3 Å². The van der Waals surface area contributed by atoms with Gasteiger partial charge < -0.3 is 9.84 Å². The second kappa shape index (κ2) is 9.91. The maximum Gasteiger partial charge on any atom is 0.301 e. The Kier molecular flexibility index (Phi) is 6.38. The lowest BCUT2D eigenvalue weighted by atomic mass is 9.96. The molecule has 1 N–H and O–H groups in total. The van der Waals surface area contributed by atoms with Gasteiger partial charge in [-0.05, 0) is 74.2 Å². The monoisotopic (exact) mass is 552 g/mol. The smallest absolute Gasteiger partial charge is 0.301 e. The molecule has 0 saturated carbocycles. The standard InChI is InChI=1S/C31H28N4O4S/c1-5-13-39-21-10-8-9-20(16-21)27-24(28(36)26-19(4)32-23-11-6-7-12-34(23)26)29(37)30(38)35(27)31-33-25-18(3)14-17(2)15-22(25)40-31/h6-12,14-16,27,36H,5,13H2,1-4H3. The first kappa shape index (κ1) is 25.8. The van der Waals surface area contributed by atoms with Crippen LogP contribution in [0.3, 0.4) is 0 Å². The molecule has 9 heteroatoms. The van der Waals surface area contributed by atoms with Gasteiger partial charge >= 0.3 is 5.91 Å². The van der Waals surface area contributed by atoms with Crippen LogP contribution in [-0.4, -0.2) is 37.8 Å². The van der Waals surface area contributed by atoms with Crippen molar-refractivity contribution in [1.82, 2.24) is 14.4 Å². The van der Waals surface area contributed by atoms with Crippen molar-refractivity contribution in [2.45, 2.75) is 40.2 Å². The number of aryl methyl sites for hydroxylation is 3. The first-order valence-corrected chi connectivity index (χ1v) is 14.0. The second-order valence-electron chi connectivity index (χ2n) is 9.99. The third-order valence-electron chi connectivity index (χ3n) is 7.04. The fraction of sp³-hybridized carbons (Fsp3) is 0.226. The third kappa shape index (κ3) is 4.14. The van der Waals surface area contributed by atoms with Gasteiger partial charge in [0.25, 0.3) is 5.78 Å². The predicted molar refractivity (Wildman–Crippen MR) is 156 cm³/mol. The van der Waals surface area contributed by atoms with Gasteiger partial charge in [-0.1, -0.05) is 42.5 Å². The molecule has 3 aromatic heterocycles. The Morgan fingerprint density at radius 1 is 1.05 bits per heavy atom. The van der Waals surface area contributed by atoms with Gasteiger partial charge in [0, 0.05) is 6.20 Å². The molecule has 6 rings (SSSR count). The lowest BCUT2D eigenvalue weighted by molar-refractivity contribution is -0.132. The van der Waals surface area contributed by atoms with Crippen LogP contribution in [-0.2, 0) is 9.59 Å². The highest BCUT2D eigenvalue weighted by Gasteiger charge is 2.48. The van der Waals surface area contributed by atoms with Crippen molar-refractivity contribution in [1.29, 1.82) is 0 Å². The van der Waals surface area contributed by atoms with E-state index in [1.165, 1.54) is 16.2 Å². The zero-order valence-corrected chi connectivity index (χ0v) is 23.5. The van der Waals surface area contributed by atoms with Crippen molar-refractivity contribution < 1.29 is 19.4 Å². The van der Waals surface area contributed by atoms with E-state index in [-0.39, 0.29) is 11.3 Å². The van der Waals surface area contributed by atoms with Gasteiger partial charge in [-0.3, -0.25) is 18.9 Å². The fourth-order valence-electron chi connectivity index (χ4n) is 5.33. The van der Waals surface area contributed by atoms with Crippen molar-refractivity contribution in [3.63, 3.8) is 0 Å². The number of nitrogens with zero attached hydrogens (tertiary/aromatic N) is 4. The normalized spacial score (nSPS) is 16.9. The molecule has 1 atom stereocenters. The number of imidazole rings is 1. The SMILES string of the molecule is CCCOc1cccc(C2C(=C(O)c3c(C)nc4ccccn34)C(=O)C(=O)N2c2nc3c(C)cc(C)cc3s2)c1. The number of ketones is 1. The molecule has 0 bridgehead atoms. The van der Waals surface area contributed by atoms with Gasteiger partial charge in [0.2, 0.25) is 0 Å². The van der Waals surface area contributed by atoms with Gasteiger partial charge in [0.1, 0.15) is 17.1 Å². The van der Waals surface area contributed by atoms with E-state index in [1.54, 1.807) is 17.5 Å². The van der Waals surface area contributed by atoms with Crippen LogP contribution in [0.1, 0.15) is 47.5 Å². The van der Waals surface area contributed by atoms with Gasteiger partial charge in [-0.2, -0.15) is 0 Å². The lowest BCUT2D eigenvalue weighted by Gasteiger charge is -2.23. The quantitative estimate of drug-likeness (QED) is 0.151. The first-order chi connectivity index (χ1) is 19.3. The van der Waals surface area contributed by atoms with E-state index >= 15 is 0 Å². The predicted octanol–water partition coefficient (Wildman–Crippen LogP) is 6.28. The van der Waals surface area contributed by atoms with Gasteiger partial charge in [0.05, 0.1) is 34.1 Å². The van der Waals surface area contributed by atoms with Gasteiger partial charge in [-0.15, -0.1) is 0 Å². The first-order valence-electron chi connectivity index (χ1n) is 13.1. The molecule has 202 valence electrons. The minimum Gasteiger partial charge on any atom is -0.505 e. The molecule has 5 aromatic rings. The van der Waals surface area contributed by atoms with Crippen LogP contribution in [0.4, 0.5) is 5.13 Å². The van der Waals surface area contributed by atoms with Crippen LogP contribution in [0.15, 0.2) is 66.4 Å². The highest BCUT2D eigenvalue weighted by Crippen LogP contribution is 2.45. The molecule has 4 heterocycles. The van der Waals surface area contributed by atoms with Crippen molar-refractivity contribution in [3.8, 4) is 5.75 Å². The molecule has 1 saturated heterocycles. The van der Waals surface area contributed by atoms with E-state index in [0.717, 1.165) is 27.8 Å². The Labute approximate surface area is 235 Å². The van der Waals surface area contributed by atoms with Crippen LogP contribution in [0.5, 0.6) is 5.75 Å².